The minimum absolute atomic E-state index is 0.252. The monoisotopic (exact) mass is 367 g/mol. The van der Waals surface area contributed by atoms with Crippen molar-refractivity contribution >= 4 is 21.9 Å². The Balaban J connectivity index is 1.98. The number of nitrogens with zero attached hydrogens (tertiary/aromatic N) is 5. The Morgan fingerprint density at radius 2 is 2.07 bits per heavy atom. The minimum Gasteiger partial charge on any atom is -0.361 e. The summed E-state index contributed by atoms with van der Waals surface area (Å²) in [6.45, 7) is 2.10. The maximum atomic E-state index is 13.9. The first-order valence-electron chi connectivity index (χ1n) is 8.32. The highest BCUT2D eigenvalue weighted by molar-refractivity contribution is 6.02. The van der Waals surface area contributed by atoms with Crippen LogP contribution in [0, 0.1) is 18.3 Å². The topological polar surface area (TPSA) is 80.5 Å². The number of hydrogen-bond acceptors (Lipinski definition) is 5. The summed E-state index contributed by atoms with van der Waals surface area (Å²) in [5.41, 5.74) is 2.69. The van der Waals surface area contributed by atoms with Crippen molar-refractivity contribution in [1.82, 2.24) is 19.7 Å². The molecule has 4 aromatic rings. The van der Waals surface area contributed by atoms with Crippen LogP contribution in [0.1, 0.15) is 29.8 Å². The van der Waals surface area contributed by atoms with E-state index in [1.165, 1.54) is 4.57 Å². The molecular formula is C19H15F2N5O. The van der Waals surface area contributed by atoms with Crippen LogP contribution in [0.3, 0.4) is 0 Å². The van der Waals surface area contributed by atoms with Gasteiger partial charge in [-0.15, -0.1) is 0 Å². The molecule has 6 nitrogen and oxygen atoms in total. The van der Waals surface area contributed by atoms with Gasteiger partial charge in [0, 0.05) is 18.4 Å². The van der Waals surface area contributed by atoms with E-state index in [4.69, 9.17) is 4.52 Å². The van der Waals surface area contributed by atoms with Crippen LogP contribution in [0.15, 0.2) is 35.0 Å². The number of nitriles is 1. The fourth-order valence-electron chi connectivity index (χ4n) is 3.18. The van der Waals surface area contributed by atoms with Crippen molar-refractivity contribution in [3.05, 3.63) is 53.3 Å². The molecule has 3 heterocycles. The predicted octanol–water partition coefficient (Wildman–Crippen LogP) is 4.00. The largest absolute Gasteiger partial charge is 0.361 e. The van der Waals surface area contributed by atoms with Gasteiger partial charge in [-0.1, -0.05) is 5.16 Å². The van der Waals surface area contributed by atoms with E-state index < -0.39 is 12.5 Å². The summed E-state index contributed by atoms with van der Waals surface area (Å²) in [6, 6.07) is 8.83. The van der Waals surface area contributed by atoms with Crippen LogP contribution in [-0.4, -0.2) is 25.6 Å². The molecule has 0 N–H and O–H groups in total. The lowest BCUT2D eigenvalue weighted by Crippen LogP contribution is -2.21. The van der Waals surface area contributed by atoms with Gasteiger partial charge >= 0.3 is 0 Å². The average Bonchev–Trinajstić information content (AvgIpc) is 3.17. The zero-order chi connectivity index (χ0) is 19.2. The highest BCUT2D eigenvalue weighted by Gasteiger charge is 2.26. The number of aromatic nitrogens is 4. The van der Waals surface area contributed by atoms with Gasteiger partial charge in [0.1, 0.15) is 17.1 Å². The molecule has 0 aliphatic heterocycles. The smallest absolute Gasteiger partial charge is 0.262 e. The fourth-order valence-corrected chi connectivity index (χ4v) is 3.18. The molecule has 0 saturated heterocycles. The number of alkyl halides is 2. The zero-order valence-electron chi connectivity index (χ0n) is 14.7. The first-order chi connectivity index (χ1) is 12.8. The predicted molar refractivity (Wildman–Crippen MR) is 94.4 cm³/mol. The molecule has 8 heteroatoms. The number of pyridine rings is 1. The maximum Gasteiger partial charge on any atom is 0.262 e. The number of hydrogen-bond donors (Lipinski definition) is 0. The maximum absolute atomic E-state index is 13.9. The van der Waals surface area contributed by atoms with Gasteiger partial charge in [0.25, 0.3) is 5.92 Å². The molecule has 4 rings (SSSR count). The summed E-state index contributed by atoms with van der Waals surface area (Å²) >= 11 is 0. The van der Waals surface area contributed by atoms with Crippen molar-refractivity contribution in [3.63, 3.8) is 0 Å². The van der Waals surface area contributed by atoms with Crippen molar-refractivity contribution in [2.45, 2.75) is 32.7 Å². The summed E-state index contributed by atoms with van der Waals surface area (Å²) in [5, 5.41) is 13.7. The third kappa shape index (κ3) is 3.24. The van der Waals surface area contributed by atoms with E-state index in [0.29, 0.717) is 44.8 Å². The van der Waals surface area contributed by atoms with Gasteiger partial charge in [0.15, 0.2) is 0 Å². The number of imidazole rings is 1. The standard InChI is InChI=1S/C19H15F2N5O/c1-11-5-13(25-27-11)7-17-24-16-9-23-15-4-3-12(8-22)6-14(15)18(16)26(17)10-19(2,20)21/h3-6,9H,7,10H2,1-2H3. The van der Waals surface area contributed by atoms with Gasteiger partial charge < -0.3 is 9.09 Å². The quantitative estimate of drug-likeness (QED) is 0.545. The van der Waals surface area contributed by atoms with Crippen LogP contribution >= 0.6 is 0 Å². The van der Waals surface area contributed by atoms with Crippen molar-refractivity contribution in [2.24, 2.45) is 0 Å². The highest BCUT2D eigenvalue weighted by Crippen LogP contribution is 2.29. The second-order valence-electron chi connectivity index (χ2n) is 6.63. The first-order valence-corrected chi connectivity index (χ1v) is 8.32. The van der Waals surface area contributed by atoms with Crippen molar-refractivity contribution in [3.8, 4) is 6.07 Å². The van der Waals surface area contributed by atoms with E-state index in [-0.39, 0.29) is 6.42 Å². The molecule has 1 aromatic carbocycles. The average molecular weight is 367 g/mol. The molecule has 0 fully saturated rings. The highest BCUT2D eigenvalue weighted by atomic mass is 19.3. The van der Waals surface area contributed by atoms with Gasteiger partial charge in [-0.05, 0) is 25.1 Å². The molecule has 0 bridgehead atoms. The summed E-state index contributed by atoms with van der Waals surface area (Å²) < 4.78 is 34.4. The molecule has 0 unspecified atom stereocenters. The van der Waals surface area contributed by atoms with E-state index in [0.717, 1.165) is 6.92 Å². The molecule has 136 valence electrons. The van der Waals surface area contributed by atoms with E-state index in [9.17, 15) is 14.0 Å². The SMILES string of the molecule is Cc1cc(Cc2nc3cnc4ccc(C#N)cc4c3n2CC(C)(F)F)no1. The summed E-state index contributed by atoms with van der Waals surface area (Å²) in [4.78, 5) is 8.85. The van der Waals surface area contributed by atoms with Crippen LogP contribution in [0.2, 0.25) is 0 Å². The van der Waals surface area contributed by atoms with E-state index >= 15 is 0 Å². The Bertz CT molecular complexity index is 1200. The van der Waals surface area contributed by atoms with Gasteiger partial charge in [-0.3, -0.25) is 4.98 Å². The van der Waals surface area contributed by atoms with E-state index in [1.54, 1.807) is 37.4 Å². The van der Waals surface area contributed by atoms with Gasteiger partial charge in [0.05, 0.1) is 47.5 Å². The Hall–Kier alpha value is -3.34. The van der Waals surface area contributed by atoms with Gasteiger partial charge in [0.2, 0.25) is 0 Å². The van der Waals surface area contributed by atoms with Crippen LogP contribution in [0.4, 0.5) is 8.78 Å². The molecule has 0 atom stereocenters. The Morgan fingerprint density at radius 3 is 2.74 bits per heavy atom. The lowest BCUT2D eigenvalue weighted by atomic mass is 10.1. The van der Waals surface area contributed by atoms with Crippen LogP contribution in [0.5, 0.6) is 0 Å². The summed E-state index contributed by atoms with van der Waals surface area (Å²) in [7, 11) is 0. The first kappa shape index (κ1) is 17.1. The third-order valence-electron chi connectivity index (χ3n) is 4.23. The molecule has 0 aliphatic rings. The normalized spacial score (nSPS) is 12.0. The summed E-state index contributed by atoms with van der Waals surface area (Å²) in [5.74, 6) is -1.86. The van der Waals surface area contributed by atoms with Gasteiger partial charge in [-0.25, -0.2) is 13.8 Å². The minimum atomic E-state index is -2.94. The van der Waals surface area contributed by atoms with Crippen molar-refractivity contribution in [1.29, 1.82) is 5.26 Å². The lowest BCUT2D eigenvalue weighted by molar-refractivity contribution is 0.00434. The third-order valence-corrected chi connectivity index (χ3v) is 4.23. The van der Waals surface area contributed by atoms with E-state index in [2.05, 4.69) is 21.2 Å². The van der Waals surface area contributed by atoms with Gasteiger partial charge in [-0.2, -0.15) is 5.26 Å². The Labute approximate surface area is 153 Å². The number of fused-ring (bicyclic) bond motifs is 3. The second kappa shape index (κ2) is 6.13. The Kier molecular flexibility index (Phi) is 3.88. The zero-order valence-corrected chi connectivity index (χ0v) is 14.7. The molecule has 0 saturated carbocycles. The van der Waals surface area contributed by atoms with Crippen LogP contribution in [0.25, 0.3) is 21.9 Å². The van der Waals surface area contributed by atoms with Crippen molar-refractivity contribution in [2.75, 3.05) is 0 Å². The molecule has 0 spiro atoms. The molecular weight excluding hydrogens is 352 g/mol. The lowest BCUT2D eigenvalue weighted by Gasteiger charge is -2.15. The fraction of sp³-hybridized carbons (Fsp3) is 0.263. The molecule has 3 aromatic heterocycles. The van der Waals surface area contributed by atoms with Crippen molar-refractivity contribution < 1.29 is 13.3 Å². The number of halogens is 2. The molecule has 0 radical (unpaired) electrons. The van der Waals surface area contributed by atoms with Crippen LogP contribution < -0.4 is 0 Å². The molecule has 0 amide bonds. The summed E-state index contributed by atoms with van der Waals surface area (Å²) in [6.07, 6.45) is 1.81. The molecule has 0 aliphatic carbocycles. The Morgan fingerprint density at radius 1 is 1.26 bits per heavy atom. The number of aryl methyl sites for hydroxylation is 1. The number of benzene rings is 1. The molecule has 27 heavy (non-hydrogen) atoms. The second-order valence-corrected chi connectivity index (χ2v) is 6.63. The van der Waals surface area contributed by atoms with E-state index in [1.807, 2.05) is 0 Å². The number of rotatable bonds is 4. The van der Waals surface area contributed by atoms with Crippen LogP contribution in [-0.2, 0) is 13.0 Å².